The Labute approximate surface area is 156 Å². The fourth-order valence-electron chi connectivity index (χ4n) is 2.38. The molecule has 1 aromatic heterocycles. The maximum atomic E-state index is 12.4. The molecule has 2 N–H and O–H groups in total. The van der Waals surface area contributed by atoms with Gasteiger partial charge in [0.25, 0.3) is 5.91 Å². The van der Waals surface area contributed by atoms with Crippen molar-refractivity contribution in [2.45, 2.75) is 6.92 Å². The monoisotopic (exact) mass is 365 g/mol. The lowest BCUT2D eigenvalue weighted by Crippen LogP contribution is -2.14. The Balaban J connectivity index is 1.76. The maximum absolute atomic E-state index is 12.4. The number of hydrogen-bond acceptors (Lipinski definition) is 4. The number of halogens is 1. The van der Waals surface area contributed by atoms with Crippen LogP contribution in [0.2, 0.25) is 5.02 Å². The van der Waals surface area contributed by atoms with Gasteiger partial charge in [-0.05, 0) is 49.4 Å². The van der Waals surface area contributed by atoms with E-state index in [9.17, 15) is 9.59 Å². The number of benzene rings is 2. The van der Waals surface area contributed by atoms with E-state index < -0.39 is 0 Å². The number of carbonyl (C=O) groups excluding carboxylic acids is 2. The molecule has 1 heterocycles. The molecular formula is C20H16ClN3O2. The Morgan fingerprint density at radius 3 is 2.42 bits per heavy atom. The van der Waals surface area contributed by atoms with Gasteiger partial charge >= 0.3 is 0 Å². The molecule has 0 saturated heterocycles. The number of nitrogens with zero attached hydrogens (tertiary/aromatic N) is 1. The van der Waals surface area contributed by atoms with Crippen LogP contribution in [0.25, 0.3) is 0 Å². The van der Waals surface area contributed by atoms with Crippen LogP contribution < -0.4 is 10.6 Å². The molecule has 0 radical (unpaired) electrons. The first-order valence-electron chi connectivity index (χ1n) is 7.92. The summed E-state index contributed by atoms with van der Waals surface area (Å²) in [6, 6.07) is 17.5. The number of rotatable bonds is 5. The van der Waals surface area contributed by atoms with Crippen molar-refractivity contribution in [2.75, 3.05) is 10.6 Å². The van der Waals surface area contributed by atoms with Gasteiger partial charge in [-0.1, -0.05) is 29.8 Å². The molecule has 2 aromatic carbocycles. The Morgan fingerprint density at radius 2 is 1.65 bits per heavy atom. The highest BCUT2D eigenvalue weighted by Crippen LogP contribution is 2.20. The van der Waals surface area contributed by atoms with Gasteiger partial charge in [0.2, 0.25) is 0 Å². The van der Waals surface area contributed by atoms with E-state index in [-0.39, 0.29) is 17.4 Å². The van der Waals surface area contributed by atoms with Crippen molar-refractivity contribution < 1.29 is 9.59 Å². The molecule has 0 bridgehead atoms. The molecule has 0 saturated carbocycles. The maximum Gasteiger partial charge on any atom is 0.274 e. The fraction of sp³-hybridized carbons (Fsp3) is 0.0500. The smallest absolute Gasteiger partial charge is 0.274 e. The number of Topliss-reactive ketones (excluding diaryl/α,β-unsaturated/α-hetero) is 1. The topological polar surface area (TPSA) is 71.1 Å². The molecule has 3 rings (SSSR count). The molecule has 6 heteroatoms. The third-order valence-electron chi connectivity index (χ3n) is 3.63. The molecule has 0 atom stereocenters. The van der Waals surface area contributed by atoms with Crippen molar-refractivity contribution in [3.8, 4) is 0 Å². The quantitative estimate of drug-likeness (QED) is 0.628. The van der Waals surface area contributed by atoms with Crippen molar-refractivity contribution in [3.05, 3.63) is 83.1 Å². The highest BCUT2D eigenvalue weighted by molar-refractivity contribution is 6.30. The molecule has 0 aliphatic heterocycles. The molecular weight excluding hydrogens is 350 g/mol. The predicted molar refractivity (Wildman–Crippen MR) is 103 cm³/mol. The van der Waals surface area contributed by atoms with Crippen molar-refractivity contribution in [1.82, 2.24) is 4.98 Å². The summed E-state index contributed by atoms with van der Waals surface area (Å²) in [5.74, 6) is -0.424. The minimum Gasteiger partial charge on any atom is -0.355 e. The number of hydrogen-bond donors (Lipinski definition) is 2. The molecule has 26 heavy (non-hydrogen) atoms. The summed E-state index contributed by atoms with van der Waals surface area (Å²) in [6.07, 6.45) is 1.55. The molecule has 130 valence electrons. The van der Waals surface area contributed by atoms with Crippen LogP contribution in [0.1, 0.15) is 27.8 Å². The van der Waals surface area contributed by atoms with Gasteiger partial charge in [0, 0.05) is 33.8 Å². The van der Waals surface area contributed by atoms with Crippen LogP contribution in [0.5, 0.6) is 0 Å². The highest BCUT2D eigenvalue weighted by atomic mass is 35.5. The van der Waals surface area contributed by atoms with Gasteiger partial charge in [-0.25, -0.2) is 0 Å². The predicted octanol–water partition coefficient (Wildman–Crippen LogP) is 4.93. The van der Waals surface area contributed by atoms with E-state index in [1.807, 2.05) is 12.1 Å². The third kappa shape index (κ3) is 4.46. The average molecular weight is 366 g/mol. The molecule has 0 fully saturated rings. The molecule has 0 aliphatic rings. The van der Waals surface area contributed by atoms with Gasteiger partial charge in [-0.3, -0.25) is 14.6 Å². The van der Waals surface area contributed by atoms with Crippen LogP contribution >= 0.6 is 11.6 Å². The first-order chi connectivity index (χ1) is 12.5. The fourth-order valence-corrected chi connectivity index (χ4v) is 2.57. The number of amides is 1. The minimum absolute atomic E-state index is 0.0630. The van der Waals surface area contributed by atoms with Crippen molar-refractivity contribution in [2.24, 2.45) is 0 Å². The first-order valence-corrected chi connectivity index (χ1v) is 8.30. The number of ketones is 1. The van der Waals surface area contributed by atoms with Crippen molar-refractivity contribution in [3.63, 3.8) is 0 Å². The van der Waals surface area contributed by atoms with Gasteiger partial charge < -0.3 is 10.6 Å². The van der Waals surface area contributed by atoms with E-state index in [0.717, 1.165) is 5.69 Å². The Hall–Kier alpha value is -3.18. The zero-order valence-corrected chi connectivity index (χ0v) is 14.7. The summed E-state index contributed by atoms with van der Waals surface area (Å²) in [5.41, 5.74) is 2.85. The number of carbonyl (C=O) groups is 2. The second-order valence-corrected chi connectivity index (χ2v) is 6.09. The van der Waals surface area contributed by atoms with Gasteiger partial charge in [-0.15, -0.1) is 0 Å². The zero-order chi connectivity index (χ0) is 18.5. The molecule has 0 unspecified atom stereocenters. The number of nitrogens with one attached hydrogen (secondary N) is 2. The van der Waals surface area contributed by atoms with Crippen molar-refractivity contribution >= 4 is 40.4 Å². The first kappa shape index (κ1) is 17.6. The van der Waals surface area contributed by atoms with E-state index in [0.29, 0.717) is 22.0 Å². The van der Waals surface area contributed by atoms with Crippen LogP contribution in [-0.4, -0.2) is 16.7 Å². The van der Waals surface area contributed by atoms with Crippen molar-refractivity contribution in [1.29, 1.82) is 0 Å². The zero-order valence-electron chi connectivity index (χ0n) is 14.0. The van der Waals surface area contributed by atoms with Gasteiger partial charge in [0.1, 0.15) is 5.69 Å². The summed E-state index contributed by atoms with van der Waals surface area (Å²) in [7, 11) is 0. The second-order valence-electron chi connectivity index (χ2n) is 5.66. The van der Waals surface area contributed by atoms with E-state index >= 15 is 0 Å². The lowest BCUT2D eigenvalue weighted by Gasteiger charge is -2.09. The van der Waals surface area contributed by atoms with E-state index in [1.165, 1.54) is 6.92 Å². The SMILES string of the molecule is CC(=O)c1cccc(NC(=O)c2cc(Nc3cccc(Cl)c3)ccn2)c1. The summed E-state index contributed by atoms with van der Waals surface area (Å²) in [6.45, 7) is 1.48. The highest BCUT2D eigenvalue weighted by Gasteiger charge is 2.10. The summed E-state index contributed by atoms with van der Waals surface area (Å²) in [5, 5.41) is 6.55. The van der Waals surface area contributed by atoms with E-state index in [1.54, 1.807) is 54.7 Å². The van der Waals surface area contributed by atoms with Gasteiger partial charge in [-0.2, -0.15) is 0 Å². The van der Waals surface area contributed by atoms with Gasteiger partial charge in [0.05, 0.1) is 0 Å². The summed E-state index contributed by atoms with van der Waals surface area (Å²) >= 11 is 5.98. The van der Waals surface area contributed by atoms with Crippen LogP contribution in [0, 0.1) is 0 Å². The largest absolute Gasteiger partial charge is 0.355 e. The van der Waals surface area contributed by atoms with Crippen LogP contribution in [0.15, 0.2) is 66.9 Å². The van der Waals surface area contributed by atoms with E-state index in [2.05, 4.69) is 15.6 Å². The van der Waals surface area contributed by atoms with E-state index in [4.69, 9.17) is 11.6 Å². The molecule has 0 spiro atoms. The van der Waals surface area contributed by atoms with Crippen LogP contribution in [0.3, 0.4) is 0 Å². The van der Waals surface area contributed by atoms with Gasteiger partial charge in [0.15, 0.2) is 5.78 Å². The second kappa shape index (κ2) is 7.80. The normalized spacial score (nSPS) is 10.2. The molecule has 0 aliphatic carbocycles. The Bertz CT molecular complexity index is 973. The number of pyridine rings is 1. The average Bonchev–Trinajstić information content (AvgIpc) is 2.62. The Kier molecular flexibility index (Phi) is 5.29. The summed E-state index contributed by atoms with van der Waals surface area (Å²) in [4.78, 5) is 28.0. The number of anilines is 3. The lowest BCUT2D eigenvalue weighted by atomic mass is 10.1. The van der Waals surface area contributed by atoms with Crippen LogP contribution in [0.4, 0.5) is 17.1 Å². The molecule has 5 nitrogen and oxygen atoms in total. The third-order valence-corrected chi connectivity index (χ3v) is 3.87. The minimum atomic E-state index is -0.361. The number of aromatic nitrogens is 1. The molecule has 1 amide bonds. The standard InChI is InChI=1S/C20H16ClN3O2/c1-13(25)14-4-2-6-16(10-14)24-20(26)19-12-18(8-9-22-19)23-17-7-3-5-15(21)11-17/h2-12H,1H3,(H,22,23)(H,24,26). The molecule has 3 aromatic rings. The summed E-state index contributed by atoms with van der Waals surface area (Å²) < 4.78 is 0. The lowest BCUT2D eigenvalue weighted by molar-refractivity contribution is 0.100. The Morgan fingerprint density at radius 1 is 0.923 bits per heavy atom. The van der Waals surface area contributed by atoms with Crippen LogP contribution in [-0.2, 0) is 0 Å².